The van der Waals surface area contributed by atoms with Gasteiger partial charge in [0.15, 0.2) is 0 Å². The van der Waals surface area contributed by atoms with Crippen LogP contribution in [0, 0.1) is 6.07 Å². The number of nitrogens with one attached hydrogen (secondary N) is 1. The number of rotatable bonds is 4. The molecule has 0 spiro atoms. The van der Waals surface area contributed by atoms with Gasteiger partial charge in [0.2, 0.25) is 5.91 Å². The quantitative estimate of drug-likeness (QED) is 0.863. The van der Waals surface area contributed by atoms with Crippen LogP contribution in [-0.4, -0.2) is 36.3 Å². The van der Waals surface area contributed by atoms with Crippen molar-refractivity contribution in [2.24, 2.45) is 0 Å². The van der Waals surface area contributed by atoms with Gasteiger partial charge in [0.1, 0.15) is 0 Å². The molecule has 0 aromatic heterocycles. The van der Waals surface area contributed by atoms with Crippen molar-refractivity contribution in [2.75, 3.05) is 18.5 Å². The number of carbonyl (C=O) groups excluding carboxylic acids is 3. The molecule has 1 aliphatic rings. The van der Waals surface area contributed by atoms with Gasteiger partial charge in [-0.05, 0) is 30.3 Å². The van der Waals surface area contributed by atoms with Gasteiger partial charge < -0.3 is 4.90 Å². The molecule has 3 amide bonds. The number of hydrogen-bond donors (Lipinski definition) is 1. The summed E-state index contributed by atoms with van der Waals surface area (Å²) in [6.07, 6.45) is 0. The molecular formula is C17H14N3O3. The lowest BCUT2D eigenvalue weighted by molar-refractivity contribution is -0.118. The minimum atomic E-state index is -0.449. The molecule has 2 aromatic carbocycles. The van der Waals surface area contributed by atoms with Gasteiger partial charge in [-0.15, -0.1) is 0 Å². The summed E-state index contributed by atoms with van der Waals surface area (Å²) in [6.45, 7) is -0.166. The molecule has 0 saturated carbocycles. The zero-order valence-corrected chi connectivity index (χ0v) is 12.4. The SMILES string of the molecule is CN(C(=O)CNN1C(=O)c2ccccc2C1=O)c1cc[c]cc1. The number of imide groups is 1. The Morgan fingerprint density at radius 2 is 1.65 bits per heavy atom. The van der Waals surface area contributed by atoms with Crippen LogP contribution >= 0.6 is 0 Å². The van der Waals surface area contributed by atoms with Crippen LogP contribution < -0.4 is 10.3 Å². The standard InChI is InChI=1S/C17H14N3O3/c1-19(12-7-3-2-4-8-12)15(21)11-18-20-16(22)13-9-5-6-10-14(13)17(20)23/h3-10,18H,11H2,1H3. The highest BCUT2D eigenvalue weighted by atomic mass is 16.2. The first-order valence-electron chi connectivity index (χ1n) is 7.03. The van der Waals surface area contributed by atoms with Gasteiger partial charge in [0.05, 0.1) is 17.7 Å². The van der Waals surface area contributed by atoms with Crippen LogP contribution in [0.1, 0.15) is 20.7 Å². The molecule has 115 valence electrons. The van der Waals surface area contributed by atoms with E-state index in [4.69, 9.17) is 0 Å². The fraction of sp³-hybridized carbons (Fsp3) is 0.118. The lowest BCUT2D eigenvalue weighted by atomic mass is 10.1. The van der Waals surface area contributed by atoms with Gasteiger partial charge in [0, 0.05) is 12.7 Å². The first-order valence-corrected chi connectivity index (χ1v) is 7.03. The van der Waals surface area contributed by atoms with E-state index in [1.807, 2.05) is 0 Å². The Kier molecular flexibility index (Phi) is 3.91. The first-order chi connectivity index (χ1) is 11.1. The molecule has 23 heavy (non-hydrogen) atoms. The summed E-state index contributed by atoms with van der Waals surface area (Å²) in [5.41, 5.74) is 3.99. The zero-order chi connectivity index (χ0) is 16.4. The lowest BCUT2D eigenvalue weighted by Gasteiger charge is -2.20. The van der Waals surface area contributed by atoms with Crippen molar-refractivity contribution >= 4 is 23.4 Å². The van der Waals surface area contributed by atoms with Crippen molar-refractivity contribution < 1.29 is 14.4 Å². The zero-order valence-electron chi connectivity index (χ0n) is 12.4. The Bertz CT molecular complexity index is 739. The maximum Gasteiger partial charge on any atom is 0.276 e. The summed E-state index contributed by atoms with van der Waals surface area (Å²) in [5, 5.41) is 0.884. The monoisotopic (exact) mass is 308 g/mol. The highest BCUT2D eigenvalue weighted by Gasteiger charge is 2.35. The maximum atomic E-state index is 12.2. The average Bonchev–Trinajstić information content (AvgIpc) is 2.84. The number of hydrazine groups is 1. The summed E-state index contributed by atoms with van der Waals surface area (Å²) in [6, 6.07) is 16.3. The van der Waals surface area contributed by atoms with Crippen molar-refractivity contribution in [1.82, 2.24) is 10.4 Å². The van der Waals surface area contributed by atoms with E-state index in [0.29, 0.717) is 16.8 Å². The van der Waals surface area contributed by atoms with E-state index in [0.717, 1.165) is 5.01 Å². The van der Waals surface area contributed by atoms with Crippen LogP contribution in [0.15, 0.2) is 48.5 Å². The Labute approximate surface area is 133 Å². The third-order valence-corrected chi connectivity index (χ3v) is 3.64. The van der Waals surface area contributed by atoms with Gasteiger partial charge in [-0.25, -0.2) is 10.4 Å². The van der Waals surface area contributed by atoms with Gasteiger partial charge in [-0.1, -0.05) is 24.3 Å². The van der Waals surface area contributed by atoms with Crippen LogP contribution in [0.5, 0.6) is 0 Å². The number of hydrogen-bond acceptors (Lipinski definition) is 4. The number of benzene rings is 2. The van der Waals surface area contributed by atoms with Crippen molar-refractivity contribution in [3.05, 3.63) is 65.7 Å². The molecular weight excluding hydrogens is 294 g/mol. The molecule has 1 radical (unpaired) electrons. The van der Waals surface area contributed by atoms with E-state index in [1.165, 1.54) is 4.90 Å². The molecule has 6 heteroatoms. The second-order valence-corrected chi connectivity index (χ2v) is 5.04. The lowest BCUT2D eigenvalue weighted by Crippen LogP contribution is -2.47. The highest BCUT2D eigenvalue weighted by molar-refractivity contribution is 6.21. The number of anilines is 1. The van der Waals surface area contributed by atoms with Crippen LogP contribution in [0.4, 0.5) is 5.69 Å². The van der Waals surface area contributed by atoms with E-state index < -0.39 is 11.8 Å². The first kappa shape index (κ1) is 14.9. The number of fused-ring (bicyclic) bond motifs is 1. The molecule has 0 bridgehead atoms. The maximum absolute atomic E-state index is 12.2. The Hall–Kier alpha value is -2.99. The van der Waals surface area contributed by atoms with Gasteiger partial charge >= 0.3 is 0 Å². The fourth-order valence-corrected chi connectivity index (χ4v) is 2.34. The second-order valence-electron chi connectivity index (χ2n) is 5.04. The van der Waals surface area contributed by atoms with E-state index >= 15 is 0 Å². The van der Waals surface area contributed by atoms with Crippen molar-refractivity contribution in [2.45, 2.75) is 0 Å². The third kappa shape index (κ3) is 2.72. The summed E-state index contributed by atoms with van der Waals surface area (Å²) in [7, 11) is 1.63. The Morgan fingerprint density at radius 3 is 2.22 bits per heavy atom. The van der Waals surface area contributed by atoms with Crippen LogP contribution in [0.2, 0.25) is 0 Å². The number of amides is 3. The van der Waals surface area contributed by atoms with E-state index in [-0.39, 0.29) is 12.5 Å². The van der Waals surface area contributed by atoms with E-state index in [2.05, 4.69) is 11.5 Å². The predicted molar refractivity (Wildman–Crippen MR) is 83.6 cm³/mol. The summed E-state index contributed by atoms with van der Waals surface area (Å²) < 4.78 is 0. The minimum absolute atomic E-state index is 0.166. The molecule has 1 aliphatic heterocycles. The summed E-state index contributed by atoms with van der Waals surface area (Å²) >= 11 is 0. The number of likely N-dealkylation sites (N-methyl/N-ethyl adjacent to an activating group) is 1. The number of nitrogens with zero attached hydrogens (tertiary/aromatic N) is 2. The predicted octanol–water partition coefficient (Wildman–Crippen LogP) is 1.25. The normalized spacial score (nSPS) is 13.2. The van der Waals surface area contributed by atoms with Crippen molar-refractivity contribution in [1.29, 1.82) is 0 Å². The molecule has 3 rings (SSSR count). The Balaban J connectivity index is 1.67. The number of carbonyl (C=O) groups is 3. The second kappa shape index (κ2) is 6.02. The van der Waals surface area contributed by atoms with Crippen molar-refractivity contribution in [3.63, 3.8) is 0 Å². The molecule has 1 N–H and O–H groups in total. The Morgan fingerprint density at radius 1 is 1.09 bits per heavy atom. The smallest absolute Gasteiger partial charge is 0.276 e. The van der Waals surface area contributed by atoms with Gasteiger partial charge in [0.25, 0.3) is 11.8 Å². The van der Waals surface area contributed by atoms with Crippen LogP contribution in [-0.2, 0) is 4.79 Å². The summed E-state index contributed by atoms with van der Waals surface area (Å²) in [5.74, 6) is -1.17. The molecule has 0 saturated heterocycles. The average molecular weight is 308 g/mol. The molecule has 0 fully saturated rings. The van der Waals surface area contributed by atoms with E-state index in [9.17, 15) is 14.4 Å². The fourth-order valence-electron chi connectivity index (χ4n) is 2.34. The third-order valence-electron chi connectivity index (χ3n) is 3.64. The largest absolute Gasteiger partial charge is 0.314 e. The highest BCUT2D eigenvalue weighted by Crippen LogP contribution is 2.20. The molecule has 1 heterocycles. The van der Waals surface area contributed by atoms with E-state index in [1.54, 1.807) is 55.6 Å². The van der Waals surface area contributed by atoms with Gasteiger partial charge in [-0.3, -0.25) is 14.4 Å². The molecule has 6 nitrogen and oxygen atoms in total. The van der Waals surface area contributed by atoms with Gasteiger partial charge in [-0.2, -0.15) is 0 Å². The summed E-state index contributed by atoms with van der Waals surface area (Å²) in [4.78, 5) is 38.0. The molecule has 0 aliphatic carbocycles. The molecule has 0 unspecified atom stereocenters. The van der Waals surface area contributed by atoms with Crippen LogP contribution in [0.3, 0.4) is 0 Å². The molecule has 2 aromatic rings. The van der Waals surface area contributed by atoms with Crippen LogP contribution in [0.25, 0.3) is 0 Å². The minimum Gasteiger partial charge on any atom is -0.314 e. The van der Waals surface area contributed by atoms with Crippen molar-refractivity contribution in [3.8, 4) is 0 Å². The topological polar surface area (TPSA) is 69.7 Å². The molecule has 0 atom stereocenters.